The highest BCUT2D eigenvalue weighted by atomic mass is 19.1. The summed E-state index contributed by atoms with van der Waals surface area (Å²) in [4.78, 5) is 23.2. The third-order valence-electron chi connectivity index (χ3n) is 3.28. The van der Waals surface area contributed by atoms with Crippen molar-refractivity contribution in [2.45, 2.75) is 39.8 Å². The Morgan fingerprint density at radius 2 is 1.68 bits per heavy atom. The van der Waals surface area contributed by atoms with Crippen LogP contribution in [0.3, 0.4) is 0 Å². The van der Waals surface area contributed by atoms with Gasteiger partial charge >= 0.3 is 11.8 Å². The first-order valence-corrected chi connectivity index (χ1v) is 7.18. The minimum Gasteiger partial charge on any atom is -0.393 e. The van der Waals surface area contributed by atoms with E-state index in [1.807, 2.05) is 20.8 Å². The zero-order chi connectivity index (χ0) is 16.8. The Morgan fingerprint density at radius 1 is 1.14 bits per heavy atom. The van der Waals surface area contributed by atoms with E-state index in [9.17, 15) is 19.1 Å². The van der Waals surface area contributed by atoms with E-state index in [1.54, 1.807) is 0 Å². The number of carbonyl (C=O) groups excluding carboxylic acids is 2. The highest BCUT2D eigenvalue weighted by Crippen LogP contribution is 2.20. The van der Waals surface area contributed by atoms with Gasteiger partial charge in [-0.05, 0) is 29.5 Å². The molecule has 0 heterocycles. The van der Waals surface area contributed by atoms with Gasteiger partial charge in [0.15, 0.2) is 0 Å². The topological polar surface area (TPSA) is 78.4 Å². The predicted octanol–water partition coefficient (Wildman–Crippen LogP) is 1.36. The Balaban J connectivity index is 2.30. The molecule has 0 aliphatic rings. The molecule has 0 aromatic heterocycles. The van der Waals surface area contributed by atoms with Crippen molar-refractivity contribution in [2.24, 2.45) is 5.41 Å². The minimum absolute atomic E-state index is 0.150. The summed E-state index contributed by atoms with van der Waals surface area (Å²) in [6.07, 6.45) is -0.185. The van der Waals surface area contributed by atoms with Gasteiger partial charge in [-0.2, -0.15) is 0 Å². The Morgan fingerprint density at radius 3 is 2.23 bits per heavy atom. The van der Waals surface area contributed by atoms with Crippen molar-refractivity contribution in [1.82, 2.24) is 10.6 Å². The molecule has 0 bridgehead atoms. The third kappa shape index (κ3) is 6.22. The first-order valence-electron chi connectivity index (χ1n) is 7.18. The first-order chi connectivity index (χ1) is 10.2. The lowest BCUT2D eigenvalue weighted by Gasteiger charge is -2.25. The number of hydrogen-bond donors (Lipinski definition) is 3. The van der Waals surface area contributed by atoms with Crippen molar-refractivity contribution in [2.75, 3.05) is 6.54 Å². The molecule has 0 aliphatic heterocycles. The lowest BCUT2D eigenvalue weighted by molar-refractivity contribution is -0.139. The summed E-state index contributed by atoms with van der Waals surface area (Å²) >= 11 is 0. The second-order valence-electron chi connectivity index (χ2n) is 6.24. The summed E-state index contributed by atoms with van der Waals surface area (Å²) in [5.74, 6) is -1.86. The molecule has 1 atom stereocenters. The monoisotopic (exact) mass is 310 g/mol. The molecule has 0 aliphatic carbocycles. The molecule has 0 saturated heterocycles. The van der Waals surface area contributed by atoms with E-state index in [1.165, 1.54) is 24.3 Å². The molecule has 2 amide bonds. The Hall–Kier alpha value is -1.95. The van der Waals surface area contributed by atoms with Gasteiger partial charge in [0, 0.05) is 13.1 Å². The molecule has 6 heteroatoms. The molecule has 0 spiro atoms. The van der Waals surface area contributed by atoms with Crippen LogP contribution in [0.25, 0.3) is 0 Å². The maximum atomic E-state index is 12.7. The maximum Gasteiger partial charge on any atom is 0.309 e. The van der Waals surface area contributed by atoms with Crippen molar-refractivity contribution in [1.29, 1.82) is 0 Å². The van der Waals surface area contributed by atoms with Crippen molar-refractivity contribution >= 4 is 11.8 Å². The Kier molecular flexibility index (Phi) is 6.49. The van der Waals surface area contributed by atoms with Crippen molar-refractivity contribution in [3.8, 4) is 0 Å². The van der Waals surface area contributed by atoms with Crippen molar-refractivity contribution < 1.29 is 19.1 Å². The number of amides is 2. The van der Waals surface area contributed by atoms with Gasteiger partial charge in [0.2, 0.25) is 0 Å². The van der Waals surface area contributed by atoms with Crippen LogP contribution in [0.15, 0.2) is 24.3 Å². The van der Waals surface area contributed by atoms with E-state index in [0.717, 1.165) is 0 Å². The molecule has 122 valence electrons. The van der Waals surface area contributed by atoms with Gasteiger partial charge in [0.25, 0.3) is 0 Å². The summed E-state index contributed by atoms with van der Waals surface area (Å²) in [6, 6.07) is 5.64. The van der Waals surface area contributed by atoms with Crippen LogP contribution in [-0.2, 0) is 16.1 Å². The van der Waals surface area contributed by atoms with Crippen LogP contribution in [0.2, 0.25) is 0 Å². The van der Waals surface area contributed by atoms with Crippen molar-refractivity contribution in [3.63, 3.8) is 0 Å². The number of aliphatic hydroxyl groups is 1. The molecular weight excluding hydrogens is 287 g/mol. The normalized spacial score (nSPS) is 12.6. The second kappa shape index (κ2) is 7.89. The summed E-state index contributed by atoms with van der Waals surface area (Å²) in [6.45, 7) is 6.07. The zero-order valence-corrected chi connectivity index (χ0v) is 13.1. The fourth-order valence-corrected chi connectivity index (χ4v) is 1.70. The number of halogens is 1. The van der Waals surface area contributed by atoms with Crippen LogP contribution in [0, 0.1) is 11.2 Å². The molecule has 3 N–H and O–H groups in total. The number of aliphatic hydroxyl groups excluding tert-OH is 1. The van der Waals surface area contributed by atoms with Crippen LogP contribution < -0.4 is 10.6 Å². The fourth-order valence-electron chi connectivity index (χ4n) is 1.70. The smallest absolute Gasteiger partial charge is 0.309 e. The molecule has 0 radical (unpaired) electrons. The van der Waals surface area contributed by atoms with Crippen LogP contribution in [0.5, 0.6) is 0 Å². The summed E-state index contributed by atoms with van der Waals surface area (Å²) in [7, 11) is 0. The highest BCUT2D eigenvalue weighted by molar-refractivity contribution is 6.35. The average Bonchev–Trinajstić information content (AvgIpc) is 2.45. The van der Waals surface area contributed by atoms with Crippen LogP contribution in [0.4, 0.5) is 4.39 Å². The molecule has 5 nitrogen and oxygen atoms in total. The van der Waals surface area contributed by atoms with Crippen molar-refractivity contribution in [3.05, 3.63) is 35.6 Å². The van der Waals surface area contributed by atoms with Gasteiger partial charge in [-0.1, -0.05) is 32.9 Å². The van der Waals surface area contributed by atoms with E-state index >= 15 is 0 Å². The second-order valence-corrected chi connectivity index (χ2v) is 6.24. The largest absolute Gasteiger partial charge is 0.393 e. The fraction of sp³-hybridized carbons (Fsp3) is 0.500. The molecule has 0 fully saturated rings. The third-order valence-corrected chi connectivity index (χ3v) is 3.28. The maximum absolute atomic E-state index is 12.7. The molecule has 1 aromatic carbocycles. The van der Waals surface area contributed by atoms with Gasteiger partial charge in [0.05, 0.1) is 6.10 Å². The van der Waals surface area contributed by atoms with Gasteiger partial charge < -0.3 is 15.7 Å². The lowest BCUT2D eigenvalue weighted by atomic mass is 9.87. The first kappa shape index (κ1) is 18.1. The van der Waals surface area contributed by atoms with E-state index in [0.29, 0.717) is 12.0 Å². The Labute approximate surface area is 129 Å². The van der Waals surface area contributed by atoms with Gasteiger partial charge in [-0.3, -0.25) is 9.59 Å². The molecule has 1 unspecified atom stereocenters. The van der Waals surface area contributed by atoms with Gasteiger partial charge in [-0.15, -0.1) is 0 Å². The SMILES string of the molecule is CC(C)(C)C(O)CCNC(=O)C(=O)NCc1ccc(F)cc1. The number of benzene rings is 1. The van der Waals surface area contributed by atoms with Gasteiger partial charge in [-0.25, -0.2) is 4.39 Å². The molecule has 1 rings (SSSR count). The molecule has 22 heavy (non-hydrogen) atoms. The standard InChI is InChI=1S/C16H23FN2O3/c1-16(2,3)13(20)8-9-18-14(21)15(22)19-10-11-4-6-12(17)7-5-11/h4-7,13,20H,8-10H2,1-3H3,(H,18,21)(H,19,22). The number of carbonyl (C=O) groups is 2. The highest BCUT2D eigenvalue weighted by Gasteiger charge is 2.22. The average molecular weight is 310 g/mol. The number of rotatable bonds is 5. The van der Waals surface area contributed by atoms with E-state index in [4.69, 9.17) is 0 Å². The van der Waals surface area contributed by atoms with E-state index in [-0.39, 0.29) is 24.3 Å². The molecule has 0 saturated carbocycles. The minimum atomic E-state index is -0.755. The quantitative estimate of drug-likeness (QED) is 0.719. The summed E-state index contributed by atoms with van der Waals surface area (Å²) < 4.78 is 12.7. The van der Waals surface area contributed by atoms with E-state index in [2.05, 4.69) is 10.6 Å². The van der Waals surface area contributed by atoms with E-state index < -0.39 is 17.9 Å². The van der Waals surface area contributed by atoms with Crippen LogP contribution >= 0.6 is 0 Å². The summed E-state index contributed by atoms with van der Waals surface area (Å²) in [5.41, 5.74) is 0.431. The van der Waals surface area contributed by atoms with Gasteiger partial charge in [0.1, 0.15) is 5.82 Å². The molecular formula is C16H23FN2O3. The predicted molar refractivity (Wildman–Crippen MR) is 81.3 cm³/mol. The Bertz CT molecular complexity index is 509. The van der Waals surface area contributed by atoms with Crippen LogP contribution in [0.1, 0.15) is 32.8 Å². The number of nitrogens with one attached hydrogen (secondary N) is 2. The van der Waals surface area contributed by atoms with Crippen LogP contribution in [-0.4, -0.2) is 29.6 Å². The lowest BCUT2D eigenvalue weighted by Crippen LogP contribution is -2.41. The summed E-state index contributed by atoms with van der Waals surface area (Å²) in [5, 5.41) is 14.7. The zero-order valence-electron chi connectivity index (χ0n) is 13.1. The number of hydrogen-bond acceptors (Lipinski definition) is 3. The molecule has 1 aromatic rings.